The van der Waals surface area contributed by atoms with Crippen LogP contribution in [0.25, 0.3) is 0 Å². The molecule has 2 aromatic carbocycles. The molecular formula is C12H6Cl2INO3. The lowest BCUT2D eigenvalue weighted by Crippen LogP contribution is -1.94. The van der Waals surface area contributed by atoms with Crippen molar-refractivity contribution in [2.75, 3.05) is 0 Å². The summed E-state index contributed by atoms with van der Waals surface area (Å²) < 4.78 is 6.45. The Hall–Kier alpha value is -1.05. The molecule has 0 unspecified atom stereocenters. The van der Waals surface area contributed by atoms with Gasteiger partial charge in [0.05, 0.1) is 15.0 Å². The quantitative estimate of drug-likeness (QED) is 0.392. The van der Waals surface area contributed by atoms with E-state index in [1.165, 1.54) is 12.1 Å². The van der Waals surface area contributed by atoms with E-state index in [-0.39, 0.29) is 21.5 Å². The van der Waals surface area contributed by atoms with E-state index in [4.69, 9.17) is 27.9 Å². The summed E-state index contributed by atoms with van der Waals surface area (Å²) in [5.74, 6) is 0.551. The minimum atomic E-state index is -0.564. The Balaban J connectivity index is 2.44. The fraction of sp³-hybridized carbons (Fsp3) is 0. The Morgan fingerprint density at radius 2 is 1.84 bits per heavy atom. The van der Waals surface area contributed by atoms with Crippen LogP contribution in [0.2, 0.25) is 10.0 Å². The molecule has 7 heteroatoms. The molecule has 0 saturated carbocycles. The van der Waals surface area contributed by atoms with Crippen molar-refractivity contribution in [2.45, 2.75) is 0 Å². The van der Waals surface area contributed by atoms with Gasteiger partial charge in [-0.15, -0.1) is 0 Å². The second-order valence-corrected chi connectivity index (χ2v) is 5.61. The molecule has 0 spiro atoms. The molecule has 2 rings (SSSR count). The number of hydrogen-bond acceptors (Lipinski definition) is 3. The van der Waals surface area contributed by atoms with Crippen molar-refractivity contribution in [1.82, 2.24) is 0 Å². The number of nitro groups is 1. The maximum absolute atomic E-state index is 11.0. The predicted octanol–water partition coefficient (Wildman–Crippen LogP) is 5.30. The molecule has 4 nitrogen and oxygen atoms in total. The Morgan fingerprint density at radius 3 is 2.47 bits per heavy atom. The highest BCUT2D eigenvalue weighted by Crippen LogP contribution is 2.38. The first-order valence-electron chi connectivity index (χ1n) is 5.04. The summed E-state index contributed by atoms with van der Waals surface area (Å²) >= 11 is 13.7. The SMILES string of the molecule is O=[N+]([O-])c1cc(Cl)c(Cl)cc1Oc1cccc(I)c1. The fourth-order valence-electron chi connectivity index (χ4n) is 1.40. The van der Waals surface area contributed by atoms with Crippen LogP contribution < -0.4 is 4.74 Å². The molecule has 0 bridgehead atoms. The van der Waals surface area contributed by atoms with E-state index in [0.29, 0.717) is 5.75 Å². The zero-order valence-corrected chi connectivity index (χ0v) is 12.9. The molecule has 0 heterocycles. The van der Waals surface area contributed by atoms with E-state index in [9.17, 15) is 10.1 Å². The molecule has 19 heavy (non-hydrogen) atoms. The van der Waals surface area contributed by atoms with Gasteiger partial charge in [-0.1, -0.05) is 29.3 Å². The minimum Gasteiger partial charge on any atom is -0.450 e. The van der Waals surface area contributed by atoms with Crippen LogP contribution in [0, 0.1) is 13.7 Å². The third-order valence-electron chi connectivity index (χ3n) is 2.22. The lowest BCUT2D eigenvalue weighted by molar-refractivity contribution is -0.385. The standard InChI is InChI=1S/C12H6Cl2INO3/c13-9-5-11(16(17)18)12(6-10(9)14)19-8-3-1-2-7(15)4-8/h1-6H. The maximum Gasteiger partial charge on any atom is 0.313 e. The van der Waals surface area contributed by atoms with Crippen molar-refractivity contribution in [1.29, 1.82) is 0 Å². The normalized spacial score (nSPS) is 10.3. The van der Waals surface area contributed by atoms with Crippen LogP contribution in [-0.4, -0.2) is 4.92 Å². The highest BCUT2D eigenvalue weighted by atomic mass is 127. The first-order chi connectivity index (χ1) is 8.97. The van der Waals surface area contributed by atoms with Gasteiger partial charge in [0.25, 0.3) is 0 Å². The van der Waals surface area contributed by atoms with E-state index in [1.807, 2.05) is 6.07 Å². The van der Waals surface area contributed by atoms with Crippen molar-refractivity contribution in [2.24, 2.45) is 0 Å². The van der Waals surface area contributed by atoms with E-state index < -0.39 is 4.92 Å². The average Bonchev–Trinajstić information content (AvgIpc) is 2.33. The number of halogens is 3. The molecule has 0 aliphatic carbocycles. The first-order valence-corrected chi connectivity index (χ1v) is 6.87. The smallest absolute Gasteiger partial charge is 0.313 e. The van der Waals surface area contributed by atoms with Crippen LogP contribution in [0.1, 0.15) is 0 Å². The van der Waals surface area contributed by atoms with Crippen molar-refractivity contribution in [3.05, 3.63) is 60.1 Å². The average molecular weight is 410 g/mol. The summed E-state index contributed by atoms with van der Waals surface area (Å²) in [6.07, 6.45) is 0. The maximum atomic E-state index is 11.0. The van der Waals surface area contributed by atoms with Crippen molar-refractivity contribution >= 4 is 51.5 Å². The fourth-order valence-corrected chi connectivity index (χ4v) is 2.23. The van der Waals surface area contributed by atoms with Gasteiger partial charge in [0.1, 0.15) is 5.75 Å². The largest absolute Gasteiger partial charge is 0.450 e. The molecular weight excluding hydrogens is 404 g/mol. The van der Waals surface area contributed by atoms with Crippen LogP contribution in [0.4, 0.5) is 5.69 Å². The number of nitro benzene ring substituents is 1. The van der Waals surface area contributed by atoms with Crippen molar-refractivity contribution < 1.29 is 9.66 Å². The third-order valence-corrected chi connectivity index (χ3v) is 3.62. The van der Waals surface area contributed by atoms with Gasteiger partial charge in [-0.3, -0.25) is 10.1 Å². The molecule has 0 radical (unpaired) electrons. The Morgan fingerprint density at radius 1 is 1.16 bits per heavy atom. The number of hydrogen-bond donors (Lipinski definition) is 0. The minimum absolute atomic E-state index is 0.0569. The van der Waals surface area contributed by atoms with E-state index >= 15 is 0 Å². The Labute approximate surface area is 132 Å². The summed E-state index contributed by atoms with van der Waals surface area (Å²) in [5, 5.41) is 11.3. The van der Waals surface area contributed by atoms with E-state index in [0.717, 1.165) is 3.57 Å². The lowest BCUT2D eigenvalue weighted by Gasteiger charge is -2.07. The number of rotatable bonds is 3. The zero-order chi connectivity index (χ0) is 14.0. The Bertz CT molecular complexity index is 649. The molecule has 0 N–H and O–H groups in total. The second-order valence-electron chi connectivity index (χ2n) is 3.55. The summed E-state index contributed by atoms with van der Waals surface area (Å²) in [6.45, 7) is 0. The Kier molecular flexibility index (Phi) is 4.49. The number of nitrogens with zero attached hydrogens (tertiary/aromatic N) is 1. The van der Waals surface area contributed by atoms with E-state index in [1.54, 1.807) is 18.2 Å². The van der Waals surface area contributed by atoms with Gasteiger partial charge < -0.3 is 4.74 Å². The van der Waals surface area contributed by atoms with Gasteiger partial charge in [0, 0.05) is 15.7 Å². The predicted molar refractivity (Wildman–Crippen MR) is 82.3 cm³/mol. The molecule has 0 aliphatic heterocycles. The van der Waals surface area contributed by atoms with Gasteiger partial charge >= 0.3 is 5.69 Å². The summed E-state index contributed by atoms with van der Waals surface area (Å²) in [5.41, 5.74) is -0.228. The van der Waals surface area contributed by atoms with Gasteiger partial charge in [0.15, 0.2) is 0 Å². The molecule has 98 valence electrons. The monoisotopic (exact) mass is 409 g/mol. The highest BCUT2D eigenvalue weighted by Gasteiger charge is 2.19. The number of ether oxygens (including phenoxy) is 1. The summed E-state index contributed by atoms with van der Waals surface area (Å²) in [7, 11) is 0. The van der Waals surface area contributed by atoms with Gasteiger partial charge in [-0.25, -0.2) is 0 Å². The summed E-state index contributed by atoms with van der Waals surface area (Å²) in [6, 6.07) is 9.65. The third kappa shape index (κ3) is 3.49. The second kappa shape index (κ2) is 5.94. The molecule has 0 aromatic heterocycles. The topological polar surface area (TPSA) is 52.4 Å². The molecule has 0 aliphatic rings. The van der Waals surface area contributed by atoms with Gasteiger partial charge in [0.2, 0.25) is 5.75 Å². The van der Waals surface area contributed by atoms with Gasteiger partial charge in [-0.2, -0.15) is 0 Å². The molecule has 0 saturated heterocycles. The van der Waals surface area contributed by atoms with Crippen LogP contribution in [0.5, 0.6) is 11.5 Å². The van der Waals surface area contributed by atoms with Crippen LogP contribution in [0.15, 0.2) is 36.4 Å². The van der Waals surface area contributed by atoms with Gasteiger partial charge in [-0.05, 0) is 40.8 Å². The highest BCUT2D eigenvalue weighted by molar-refractivity contribution is 14.1. The zero-order valence-electron chi connectivity index (χ0n) is 9.27. The first kappa shape index (κ1) is 14.4. The number of benzene rings is 2. The molecule has 2 aromatic rings. The lowest BCUT2D eigenvalue weighted by atomic mass is 10.3. The summed E-state index contributed by atoms with van der Waals surface area (Å²) in [4.78, 5) is 10.4. The molecule has 0 atom stereocenters. The van der Waals surface area contributed by atoms with Crippen LogP contribution >= 0.6 is 45.8 Å². The molecule has 0 amide bonds. The van der Waals surface area contributed by atoms with Crippen molar-refractivity contribution in [3.63, 3.8) is 0 Å². The van der Waals surface area contributed by atoms with E-state index in [2.05, 4.69) is 22.6 Å². The van der Waals surface area contributed by atoms with Crippen LogP contribution in [0.3, 0.4) is 0 Å². The molecule has 0 fully saturated rings. The van der Waals surface area contributed by atoms with Crippen molar-refractivity contribution in [3.8, 4) is 11.5 Å². The van der Waals surface area contributed by atoms with Crippen LogP contribution in [-0.2, 0) is 0 Å².